The largest absolute Gasteiger partial charge is 0.416 e. The molecule has 7 nitrogen and oxygen atoms in total. The smallest absolute Gasteiger partial charge is 0.352 e. The molecule has 0 radical (unpaired) electrons. The lowest BCUT2D eigenvalue weighted by Gasteiger charge is -2.31. The van der Waals surface area contributed by atoms with Gasteiger partial charge in [-0.2, -0.15) is 17.5 Å². The predicted octanol–water partition coefficient (Wildman–Crippen LogP) is 3.72. The lowest BCUT2D eigenvalue weighted by Crippen LogP contribution is -2.50. The van der Waals surface area contributed by atoms with Crippen LogP contribution in [-0.2, 0) is 21.0 Å². The molecule has 2 aliphatic rings. The fraction of sp³-hybridized carbons (Fsp3) is 0.440. The second-order valence-electron chi connectivity index (χ2n) is 9.20. The Morgan fingerprint density at radius 3 is 2.14 bits per heavy atom. The maximum Gasteiger partial charge on any atom is 0.416 e. The van der Waals surface area contributed by atoms with Crippen molar-refractivity contribution in [3.8, 4) is 0 Å². The van der Waals surface area contributed by atoms with Crippen molar-refractivity contribution >= 4 is 21.8 Å². The number of nitrogens with zero attached hydrogens (tertiary/aromatic N) is 1. The molecule has 1 heterocycles. The summed E-state index contributed by atoms with van der Waals surface area (Å²) < 4.78 is 66.5. The Kier molecular flexibility index (Phi) is 7.70. The molecule has 1 aliphatic heterocycles. The van der Waals surface area contributed by atoms with Crippen LogP contribution >= 0.6 is 0 Å². The number of nitrogens with one attached hydrogen (secondary N) is 2. The van der Waals surface area contributed by atoms with Gasteiger partial charge in [0, 0.05) is 24.2 Å². The second kappa shape index (κ2) is 10.6. The van der Waals surface area contributed by atoms with Crippen LogP contribution in [0.25, 0.3) is 0 Å². The fourth-order valence-corrected chi connectivity index (χ4v) is 6.50. The molecule has 0 spiro atoms. The number of amides is 2. The second-order valence-corrected chi connectivity index (χ2v) is 11.1. The van der Waals surface area contributed by atoms with Crippen LogP contribution in [0.4, 0.5) is 13.2 Å². The van der Waals surface area contributed by atoms with Crippen LogP contribution in [0.2, 0.25) is 0 Å². The number of carbonyl (C=O) groups is 2. The normalized spacial score (nSPS) is 23.2. The van der Waals surface area contributed by atoms with Crippen LogP contribution < -0.4 is 10.6 Å². The van der Waals surface area contributed by atoms with Crippen LogP contribution in [0, 0.1) is 0 Å². The van der Waals surface area contributed by atoms with E-state index in [9.17, 15) is 31.2 Å². The third-order valence-electron chi connectivity index (χ3n) is 6.72. The zero-order valence-electron chi connectivity index (χ0n) is 19.5. The molecular formula is C25H28F3N3O4S. The van der Waals surface area contributed by atoms with E-state index in [1.807, 2.05) is 6.07 Å². The van der Waals surface area contributed by atoms with E-state index < -0.39 is 38.6 Å². The molecule has 194 valence electrons. The van der Waals surface area contributed by atoms with Gasteiger partial charge in [0.25, 0.3) is 5.91 Å². The zero-order valence-corrected chi connectivity index (χ0v) is 20.3. The number of carbonyl (C=O) groups excluding carboxylic acids is 2. The molecule has 0 bridgehead atoms. The van der Waals surface area contributed by atoms with Crippen LogP contribution in [-0.4, -0.2) is 49.2 Å². The van der Waals surface area contributed by atoms with E-state index in [4.69, 9.17) is 0 Å². The van der Waals surface area contributed by atoms with Gasteiger partial charge in [-0.25, -0.2) is 8.42 Å². The molecule has 36 heavy (non-hydrogen) atoms. The highest BCUT2D eigenvalue weighted by atomic mass is 32.2. The van der Waals surface area contributed by atoms with Crippen molar-refractivity contribution in [2.45, 2.75) is 67.7 Å². The topological polar surface area (TPSA) is 95.6 Å². The molecule has 2 amide bonds. The van der Waals surface area contributed by atoms with E-state index in [1.54, 1.807) is 24.3 Å². The molecule has 2 aromatic rings. The van der Waals surface area contributed by atoms with E-state index in [2.05, 4.69) is 10.6 Å². The zero-order chi connectivity index (χ0) is 25.9. The summed E-state index contributed by atoms with van der Waals surface area (Å²) in [4.78, 5) is 24.9. The van der Waals surface area contributed by atoms with Gasteiger partial charge >= 0.3 is 6.18 Å². The number of sulfonamides is 1. The third-order valence-corrected chi connectivity index (χ3v) is 8.62. The highest BCUT2D eigenvalue weighted by Crippen LogP contribution is 2.33. The Labute approximate surface area is 208 Å². The number of benzene rings is 2. The summed E-state index contributed by atoms with van der Waals surface area (Å²) in [5, 5.41) is 5.92. The molecule has 2 N–H and O–H groups in total. The minimum absolute atomic E-state index is 0.0184. The Hall–Kier alpha value is -2.92. The summed E-state index contributed by atoms with van der Waals surface area (Å²) in [5.41, 5.74) is -0.476. The minimum atomic E-state index is -4.67. The number of halogens is 3. The van der Waals surface area contributed by atoms with Crippen molar-refractivity contribution in [2.24, 2.45) is 0 Å². The third kappa shape index (κ3) is 5.89. The molecule has 1 aliphatic carbocycles. The molecule has 0 aromatic heterocycles. The van der Waals surface area contributed by atoms with Crippen molar-refractivity contribution in [3.05, 3.63) is 65.7 Å². The van der Waals surface area contributed by atoms with Crippen LogP contribution in [0.3, 0.4) is 0 Å². The average molecular weight is 524 g/mol. The van der Waals surface area contributed by atoms with Crippen molar-refractivity contribution < 1.29 is 31.2 Å². The average Bonchev–Trinajstić information content (AvgIpc) is 3.37. The van der Waals surface area contributed by atoms with Crippen molar-refractivity contribution in [1.29, 1.82) is 0 Å². The first kappa shape index (κ1) is 26.2. The van der Waals surface area contributed by atoms with Gasteiger partial charge in [0.2, 0.25) is 15.9 Å². The Morgan fingerprint density at radius 1 is 0.861 bits per heavy atom. The van der Waals surface area contributed by atoms with Gasteiger partial charge in [-0.3, -0.25) is 9.59 Å². The van der Waals surface area contributed by atoms with E-state index in [1.165, 1.54) is 0 Å². The van der Waals surface area contributed by atoms with Gasteiger partial charge in [0.1, 0.15) is 6.04 Å². The van der Waals surface area contributed by atoms with Gasteiger partial charge in [-0.15, -0.1) is 0 Å². The Balaban J connectivity index is 1.35. The highest BCUT2D eigenvalue weighted by molar-refractivity contribution is 7.89. The molecule has 0 unspecified atom stereocenters. The van der Waals surface area contributed by atoms with E-state index in [0.29, 0.717) is 50.2 Å². The van der Waals surface area contributed by atoms with Gasteiger partial charge in [-0.05, 0) is 68.9 Å². The summed E-state index contributed by atoms with van der Waals surface area (Å²) in [6.45, 7) is 0.0644. The maximum absolute atomic E-state index is 13.1. The van der Waals surface area contributed by atoms with Gasteiger partial charge in [-0.1, -0.05) is 24.3 Å². The lowest BCUT2D eigenvalue weighted by atomic mass is 9.90. The summed E-state index contributed by atoms with van der Waals surface area (Å²) in [5.74, 6) is -0.593. The summed E-state index contributed by atoms with van der Waals surface area (Å²) in [6.07, 6.45) is -1.36. The number of rotatable bonds is 6. The maximum atomic E-state index is 13.1. The standard InChI is InChI=1S/C25H28F3N3O4S/c26-25(27,28)18-8-4-9-21(16-18)36(34,35)31-15-5-10-22(31)24(33)30-20-13-11-19(12-14-20)29-23(32)17-6-2-1-3-7-17/h1-4,6-9,16,19-20,22H,5,10-15H2,(H,29,32)(H,30,33)/t19?,20?,22-/m1/s1. The van der Waals surface area contributed by atoms with Crippen molar-refractivity contribution in [1.82, 2.24) is 14.9 Å². The molecule has 4 rings (SSSR count). The van der Waals surface area contributed by atoms with Crippen LogP contribution in [0.15, 0.2) is 59.5 Å². The molecule has 1 atom stereocenters. The monoisotopic (exact) mass is 523 g/mol. The lowest BCUT2D eigenvalue weighted by molar-refractivity contribution is -0.137. The molecule has 1 saturated heterocycles. The first-order chi connectivity index (χ1) is 17.1. The summed E-state index contributed by atoms with van der Waals surface area (Å²) in [6, 6.07) is 11.3. The van der Waals surface area contributed by atoms with Crippen LogP contribution in [0.5, 0.6) is 0 Å². The first-order valence-corrected chi connectivity index (χ1v) is 13.3. The van der Waals surface area contributed by atoms with Crippen molar-refractivity contribution in [2.75, 3.05) is 6.54 Å². The quantitative estimate of drug-likeness (QED) is 0.604. The number of alkyl halides is 3. The van der Waals surface area contributed by atoms with E-state index in [-0.39, 0.29) is 24.5 Å². The van der Waals surface area contributed by atoms with Gasteiger partial charge < -0.3 is 10.6 Å². The first-order valence-electron chi connectivity index (χ1n) is 11.9. The Bertz CT molecular complexity index is 1200. The fourth-order valence-electron chi connectivity index (χ4n) is 4.80. The number of hydrogen-bond acceptors (Lipinski definition) is 4. The predicted molar refractivity (Wildman–Crippen MR) is 126 cm³/mol. The van der Waals surface area contributed by atoms with E-state index >= 15 is 0 Å². The molecule has 2 fully saturated rings. The summed E-state index contributed by atoms with van der Waals surface area (Å²) in [7, 11) is -4.28. The van der Waals surface area contributed by atoms with Gasteiger partial charge in [0.15, 0.2) is 0 Å². The molecule has 2 aromatic carbocycles. The summed E-state index contributed by atoms with van der Waals surface area (Å²) >= 11 is 0. The molecule has 1 saturated carbocycles. The SMILES string of the molecule is O=C(NC1CCC(NC(=O)[C@H]2CCCN2S(=O)(=O)c2cccc(C(F)(F)F)c2)CC1)c1ccccc1. The van der Waals surface area contributed by atoms with Gasteiger partial charge in [0.05, 0.1) is 10.5 Å². The van der Waals surface area contributed by atoms with E-state index in [0.717, 1.165) is 22.5 Å². The molecular weight excluding hydrogens is 495 g/mol. The van der Waals surface area contributed by atoms with Crippen LogP contribution in [0.1, 0.15) is 54.4 Å². The molecule has 11 heteroatoms. The highest BCUT2D eigenvalue weighted by Gasteiger charge is 2.41. The Morgan fingerprint density at radius 2 is 1.50 bits per heavy atom. The van der Waals surface area contributed by atoms with Crippen molar-refractivity contribution in [3.63, 3.8) is 0 Å². The minimum Gasteiger partial charge on any atom is -0.352 e. The number of hydrogen-bond donors (Lipinski definition) is 2.